The molecule has 236 valence electrons. The molecular weight excluding hydrogens is 632 g/mol. The fourth-order valence-corrected chi connectivity index (χ4v) is 7.42. The Balaban J connectivity index is 1.19. The number of imidazole rings is 2. The third-order valence-electron chi connectivity index (χ3n) is 7.37. The SMILES string of the molecule is Nc1nc2c(ncn2C2OC3COP(=O)(O)NC4CC(n5cnc6c(N)ncnc65)OC4COP(=O)(O)OC2C3O)c(=O)[nH]1. The number of aromatic amines is 1. The Morgan fingerprint density at radius 2 is 1.70 bits per heavy atom. The second-order valence-electron chi connectivity index (χ2n) is 10.2. The molecule has 2 bridgehead atoms. The van der Waals surface area contributed by atoms with Crippen molar-refractivity contribution in [2.45, 2.75) is 49.3 Å². The number of anilines is 2. The number of nitrogens with one attached hydrogen (secondary N) is 2. The van der Waals surface area contributed by atoms with Crippen LogP contribution in [-0.4, -0.2) is 97.6 Å². The van der Waals surface area contributed by atoms with Gasteiger partial charge in [-0.05, 0) is 0 Å². The normalized spacial score (nSPS) is 36.6. The number of ether oxygens (including phenoxy) is 2. The number of aliphatic hydroxyl groups is 1. The summed E-state index contributed by atoms with van der Waals surface area (Å²) in [5.41, 5.74) is 11.3. The molecule has 3 aliphatic heterocycles. The smallest absolute Gasteiger partial charge is 0.387 e. The molecule has 3 saturated heterocycles. The highest BCUT2D eigenvalue weighted by molar-refractivity contribution is 7.50. The molecule has 0 amide bonds. The van der Waals surface area contributed by atoms with Crippen LogP contribution in [0.2, 0.25) is 0 Å². The zero-order valence-electron chi connectivity index (χ0n) is 22.2. The summed E-state index contributed by atoms with van der Waals surface area (Å²) in [6.07, 6.45) is -4.22. The lowest BCUT2D eigenvalue weighted by Gasteiger charge is -2.25. The van der Waals surface area contributed by atoms with Gasteiger partial charge in [0, 0.05) is 6.42 Å². The predicted molar refractivity (Wildman–Crippen MR) is 144 cm³/mol. The van der Waals surface area contributed by atoms with E-state index in [2.05, 4.69) is 35.0 Å². The van der Waals surface area contributed by atoms with Gasteiger partial charge >= 0.3 is 15.6 Å². The van der Waals surface area contributed by atoms with E-state index in [0.717, 1.165) is 10.9 Å². The van der Waals surface area contributed by atoms with E-state index in [0.29, 0.717) is 11.2 Å². The highest BCUT2D eigenvalue weighted by Gasteiger charge is 2.51. The van der Waals surface area contributed by atoms with Gasteiger partial charge in [-0.3, -0.25) is 32.5 Å². The number of nitrogen functional groups attached to an aromatic ring is 2. The molecule has 22 nitrogen and oxygen atoms in total. The fraction of sp³-hybridized carbons (Fsp3) is 0.500. The lowest BCUT2D eigenvalue weighted by molar-refractivity contribution is -0.0549. The summed E-state index contributed by atoms with van der Waals surface area (Å²) in [4.78, 5) is 56.2. The van der Waals surface area contributed by atoms with Crippen LogP contribution in [0, 0.1) is 0 Å². The van der Waals surface area contributed by atoms with Crippen molar-refractivity contribution in [3.05, 3.63) is 29.3 Å². The molecule has 7 rings (SSSR count). The van der Waals surface area contributed by atoms with Gasteiger partial charge in [0.2, 0.25) is 5.95 Å². The molecule has 44 heavy (non-hydrogen) atoms. The van der Waals surface area contributed by atoms with Crippen molar-refractivity contribution in [2.75, 3.05) is 24.7 Å². The van der Waals surface area contributed by atoms with Crippen LogP contribution in [0.1, 0.15) is 18.9 Å². The Bertz CT molecular complexity index is 1900. The minimum atomic E-state index is -4.98. The summed E-state index contributed by atoms with van der Waals surface area (Å²) in [7, 11) is -9.60. The molecule has 0 spiro atoms. The van der Waals surface area contributed by atoms with E-state index in [-0.39, 0.29) is 29.4 Å². The van der Waals surface area contributed by atoms with Crippen molar-refractivity contribution in [3.8, 4) is 0 Å². The van der Waals surface area contributed by atoms with Crippen molar-refractivity contribution >= 4 is 49.7 Å². The Morgan fingerprint density at radius 1 is 0.955 bits per heavy atom. The quantitative estimate of drug-likeness (QED) is 0.118. The van der Waals surface area contributed by atoms with Crippen molar-refractivity contribution < 1.29 is 47.1 Å². The van der Waals surface area contributed by atoms with Gasteiger partial charge in [0.15, 0.2) is 28.9 Å². The molecule has 0 aliphatic carbocycles. The zero-order valence-corrected chi connectivity index (χ0v) is 24.0. The number of hydrogen-bond donors (Lipinski definition) is 7. The number of H-pyrrole nitrogens is 1. The topological polar surface area (TPSA) is 312 Å². The maximum Gasteiger partial charge on any atom is 0.472 e. The molecule has 24 heteroatoms. The fourth-order valence-electron chi connectivity index (χ4n) is 5.37. The Hall–Kier alpha value is -3.40. The lowest BCUT2D eigenvalue weighted by atomic mass is 10.1. The predicted octanol–water partition coefficient (Wildman–Crippen LogP) is -1.74. The van der Waals surface area contributed by atoms with Crippen LogP contribution in [0.3, 0.4) is 0 Å². The van der Waals surface area contributed by atoms with E-state index in [4.69, 9.17) is 34.5 Å². The number of nitrogens with two attached hydrogens (primary N) is 2. The summed E-state index contributed by atoms with van der Waals surface area (Å²) in [5, 5.41) is 13.5. The van der Waals surface area contributed by atoms with Crippen molar-refractivity contribution in [3.63, 3.8) is 0 Å². The van der Waals surface area contributed by atoms with Crippen LogP contribution < -0.4 is 22.1 Å². The van der Waals surface area contributed by atoms with Gasteiger partial charge in [-0.25, -0.2) is 34.2 Å². The first-order valence-electron chi connectivity index (χ1n) is 12.9. The number of phosphoric ester groups is 1. The van der Waals surface area contributed by atoms with Gasteiger partial charge in [-0.2, -0.15) is 4.98 Å². The molecule has 0 radical (unpaired) electrons. The summed E-state index contributed by atoms with van der Waals surface area (Å²) in [6, 6.07) is -0.948. The van der Waals surface area contributed by atoms with Gasteiger partial charge in [0.25, 0.3) is 5.56 Å². The molecule has 7 heterocycles. The number of rotatable bonds is 2. The largest absolute Gasteiger partial charge is 0.472 e. The molecule has 3 fully saturated rings. The third kappa shape index (κ3) is 5.18. The Labute approximate surface area is 244 Å². The maximum atomic E-state index is 13.2. The third-order valence-corrected chi connectivity index (χ3v) is 9.51. The Kier molecular flexibility index (Phi) is 7.06. The first-order valence-corrected chi connectivity index (χ1v) is 16.0. The summed E-state index contributed by atoms with van der Waals surface area (Å²) in [5.74, 6) is -0.121. The second kappa shape index (κ2) is 10.6. The summed E-state index contributed by atoms with van der Waals surface area (Å²) < 4.78 is 56.8. The van der Waals surface area contributed by atoms with Crippen molar-refractivity contribution in [2.24, 2.45) is 0 Å². The molecular formula is C20H25N11O11P2. The van der Waals surface area contributed by atoms with E-state index in [9.17, 15) is 28.8 Å². The van der Waals surface area contributed by atoms with Crippen LogP contribution in [0.4, 0.5) is 11.8 Å². The molecule has 3 aliphatic rings. The van der Waals surface area contributed by atoms with Crippen LogP contribution in [0.25, 0.3) is 22.3 Å². The van der Waals surface area contributed by atoms with Gasteiger partial charge in [0.05, 0.1) is 31.9 Å². The number of hydrogen-bond acceptors (Lipinski definition) is 16. The molecule has 9 atom stereocenters. The molecule has 4 aromatic rings. The van der Waals surface area contributed by atoms with Crippen LogP contribution in [0.5, 0.6) is 0 Å². The van der Waals surface area contributed by atoms with Crippen LogP contribution in [-0.2, 0) is 32.2 Å². The van der Waals surface area contributed by atoms with E-state index < -0.39 is 77.3 Å². The van der Waals surface area contributed by atoms with Crippen molar-refractivity contribution in [1.82, 2.24) is 44.1 Å². The molecule has 4 aromatic heterocycles. The average Bonchev–Trinajstić information content (AvgIpc) is 3.72. The maximum absolute atomic E-state index is 13.2. The van der Waals surface area contributed by atoms with Gasteiger partial charge in [0.1, 0.15) is 42.5 Å². The minimum absolute atomic E-state index is 0.0457. The summed E-state index contributed by atoms with van der Waals surface area (Å²) in [6.45, 7) is -1.27. The first kappa shape index (κ1) is 29.3. The highest BCUT2D eigenvalue weighted by Crippen LogP contribution is 2.51. The summed E-state index contributed by atoms with van der Waals surface area (Å²) >= 11 is 0. The van der Waals surface area contributed by atoms with E-state index >= 15 is 0 Å². The molecule has 9 unspecified atom stereocenters. The van der Waals surface area contributed by atoms with Crippen LogP contribution >= 0.6 is 15.6 Å². The number of phosphoric acid groups is 1. The van der Waals surface area contributed by atoms with E-state index in [1.165, 1.54) is 17.2 Å². The van der Waals surface area contributed by atoms with Gasteiger partial charge in [-0.15, -0.1) is 0 Å². The second-order valence-corrected chi connectivity index (χ2v) is 13.1. The average molecular weight is 657 g/mol. The lowest BCUT2D eigenvalue weighted by Crippen LogP contribution is -2.38. The first-order chi connectivity index (χ1) is 20.9. The van der Waals surface area contributed by atoms with Crippen LogP contribution in [0.15, 0.2) is 23.8 Å². The Morgan fingerprint density at radius 3 is 2.52 bits per heavy atom. The number of aliphatic hydroxyl groups excluding tert-OH is 1. The minimum Gasteiger partial charge on any atom is -0.387 e. The molecule has 0 aromatic carbocycles. The molecule has 0 saturated carbocycles. The van der Waals surface area contributed by atoms with Gasteiger partial charge in [-0.1, -0.05) is 0 Å². The number of aromatic nitrogens is 8. The monoisotopic (exact) mass is 657 g/mol. The number of nitrogens with zero attached hydrogens (tertiary/aromatic N) is 7. The number of fused-ring (bicyclic) bond motifs is 5. The van der Waals surface area contributed by atoms with Crippen molar-refractivity contribution in [1.29, 1.82) is 0 Å². The standard InChI is InChI=1S/C20H25N11O11P2/c21-15-11-16(24-4-23-15)30(5-25-11)10-1-7-8(40-10)2-39-44(36,37)42-14-13(32)9(3-38-43(34,35)29-7)41-19(14)31-6-26-12-17(31)27-20(22)28-18(12)33/h4-10,13-14,19,32H,1-3H2,(H,36,37)(H2,21,23,24)(H2,29,34,35)(H3,22,27,28,33). The van der Waals surface area contributed by atoms with E-state index in [1.54, 1.807) is 0 Å². The molecule has 9 N–H and O–H groups in total. The van der Waals surface area contributed by atoms with E-state index in [1.807, 2.05) is 0 Å². The van der Waals surface area contributed by atoms with Gasteiger partial charge < -0.3 is 35.8 Å². The zero-order chi connectivity index (χ0) is 31.0. The highest BCUT2D eigenvalue weighted by atomic mass is 31.2.